The molecule has 1 aliphatic heterocycles. The summed E-state index contributed by atoms with van der Waals surface area (Å²) in [6, 6.07) is 1.87. The Kier molecular flexibility index (Phi) is 3.64. The van der Waals surface area contributed by atoms with Gasteiger partial charge in [0.2, 0.25) is 0 Å². The van der Waals surface area contributed by atoms with Gasteiger partial charge >= 0.3 is 0 Å². The Labute approximate surface area is 102 Å². The van der Waals surface area contributed by atoms with Crippen LogP contribution in [0.25, 0.3) is 0 Å². The average Bonchev–Trinajstić information content (AvgIpc) is 2.64. The second-order valence-electron chi connectivity index (χ2n) is 4.55. The van der Waals surface area contributed by atoms with Gasteiger partial charge in [0.15, 0.2) is 0 Å². The second kappa shape index (κ2) is 5.00. The van der Waals surface area contributed by atoms with Gasteiger partial charge in [0.05, 0.1) is 0 Å². The summed E-state index contributed by atoms with van der Waals surface area (Å²) < 4.78 is 0. The zero-order valence-electron chi connectivity index (χ0n) is 9.91. The highest BCUT2D eigenvalue weighted by Crippen LogP contribution is 2.23. The maximum atomic E-state index is 6.02. The largest absolute Gasteiger partial charge is 0.356 e. The van der Waals surface area contributed by atoms with Gasteiger partial charge in [0, 0.05) is 25.6 Å². The van der Waals surface area contributed by atoms with Crippen molar-refractivity contribution in [1.29, 1.82) is 0 Å². The van der Waals surface area contributed by atoms with Gasteiger partial charge in [-0.05, 0) is 18.8 Å². The Morgan fingerprint density at radius 3 is 2.94 bits per heavy atom. The fraction of sp³-hybridized carbons (Fsp3) is 0.667. The van der Waals surface area contributed by atoms with Crippen LogP contribution >= 0.6 is 11.6 Å². The molecule has 4 heteroatoms. The van der Waals surface area contributed by atoms with Crippen LogP contribution in [0.2, 0.25) is 5.15 Å². The molecule has 0 amide bonds. The lowest BCUT2D eigenvalue weighted by atomic mass is 10.2. The minimum atomic E-state index is 0.563. The molecule has 1 aliphatic rings. The predicted octanol–water partition coefficient (Wildman–Crippen LogP) is 2.93. The molecule has 1 atom stereocenters. The van der Waals surface area contributed by atoms with Gasteiger partial charge in [-0.3, -0.25) is 0 Å². The van der Waals surface area contributed by atoms with Crippen molar-refractivity contribution in [3.8, 4) is 0 Å². The van der Waals surface area contributed by atoms with Crippen LogP contribution in [0.4, 0.5) is 5.82 Å². The summed E-state index contributed by atoms with van der Waals surface area (Å²) in [5.74, 6) is 2.61. The van der Waals surface area contributed by atoms with Gasteiger partial charge in [-0.25, -0.2) is 9.97 Å². The third kappa shape index (κ3) is 2.64. The number of hydrogen-bond acceptors (Lipinski definition) is 3. The van der Waals surface area contributed by atoms with Crippen molar-refractivity contribution >= 4 is 17.4 Å². The number of hydrogen-bond donors (Lipinski definition) is 0. The standard InChI is InChI=1S/C12H18ClN3/c1-3-4-11-14-10(13)7-12(15-11)16-6-5-9(2)8-16/h7,9H,3-6,8H2,1-2H3. The van der Waals surface area contributed by atoms with E-state index in [2.05, 4.69) is 28.7 Å². The summed E-state index contributed by atoms with van der Waals surface area (Å²) in [5.41, 5.74) is 0. The van der Waals surface area contributed by atoms with Gasteiger partial charge in [-0.1, -0.05) is 25.4 Å². The average molecular weight is 240 g/mol. The quantitative estimate of drug-likeness (QED) is 0.760. The molecule has 1 saturated heterocycles. The normalized spacial score (nSPS) is 20.4. The molecule has 0 spiro atoms. The zero-order valence-corrected chi connectivity index (χ0v) is 10.7. The molecule has 1 aromatic heterocycles. The van der Waals surface area contributed by atoms with Gasteiger partial charge in [0.25, 0.3) is 0 Å². The minimum absolute atomic E-state index is 0.563. The van der Waals surface area contributed by atoms with Crippen LogP contribution in [0.1, 0.15) is 32.5 Å². The zero-order chi connectivity index (χ0) is 11.5. The molecule has 0 N–H and O–H groups in total. The van der Waals surface area contributed by atoms with E-state index in [4.69, 9.17) is 11.6 Å². The number of aryl methyl sites for hydroxylation is 1. The van der Waals surface area contributed by atoms with E-state index < -0.39 is 0 Å². The van der Waals surface area contributed by atoms with Gasteiger partial charge < -0.3 is 4.90 Å². The molecule has 16 heavy (non-hydrogen) atoms. The lowest BCUT2D eigenvalue weighted by Gasteiger charge is -2.17. The van der Waals surface area contributed by atoms with Crippen LogP contribution in [0.15, 0.2) is 6.07 Å². The van der Waals surface area contributed by atoms with Crippen LogP contribution in [0, 0.1) is 5.92 Å². The molecule has 0 aromatic carbocycles. The fourth-order valence-corrected chi connectivity index (χ4v) is 2.29. The second-order valence-corrected chi connectivity index (χ2v) is 4.94. The van der Waals surface area contributed by atoms with Crippen molar-refractivity contribution in [1.82, 2.24) is 9.97 Å². The predicted molar refractivity (Wildman–Crippen MR) is 67.0 cm³/mol. The molecule has 88 valence electrons. The number of rotatable bonds is 3. The van der Waals surface area contributed by atoms with Gasteiger partial charge in [0.1, 0.15) is 16.8 Å². The number of aromatic nitrogens is 2. The summed E-state index contributed by atoms with van der Waals surface area (Å²) in [4.78, 5) is 11.1. The van der Waals surface area contributed by atoms with Crippen LogP contribution in [-0.4, -0.2) is 23.1 Å². The van der Waals surface area contributed by atoms with E-state index in [0.717, 1.165) is 43.5 Å². The third-order valence-corrected chi connectivity index (χ3v) is 3.14. The van der Waals surface area contributed by atoms with E-state index in [1.165, 1.54) is 6.42 Å². The summed E-state index contributed by atoms with van der Waals surface area (Å²) in [6.07, 6.45) is 3.19. The topological polar surface area (TPSA) is 29.0 Å². The molecule has 1 unspecified atom stereocenters. The summed E-state index contributed by atoms with van der Waals surface area (Å²) in [7, 11) is 0. The molecule has 0 bridgehead atoms. The van der Waals surface area contributed by atoms with E-state index in [-0.39, 0.29) is 0 Å². The third-order valence-electron chi connectivity index (χ3n) is 2.95. The SMILES string of the molecule is CCCc1nc(Cl)cc(N2CCC(C)C2)n1. The Morgan fingerprint density at radius 1 is 1.50 bits per heavy atom. The highest BCUT2D eigenvalue weighted by molar-refractivity contribution is 6.29. The summed E-state index contributed by atoms with van der Waals surface area (Å²) in [5, 5.41) is 0.563. The molecule has 2 heterocycles. The first-order chi connectivity index (χ1) is 7.69. The van der Waals surface area contributed by atoms with Gasteiger partial charge in [-0.2, -0.15) is 0 Å². The smallest absolute Gasteiger partial charge is 0.134 e. The van der Waals surface area contributed by atoms with Crippen molar-refractivity contribution < 1.29 is 0 Å². The molecule has 3 nitrogen and oxygen atoms in total. The van der Waals surface area contributed by atoms with Crippen molar-refractivity contribution in [2.45, 2.75) is 33.1 Å². The van der Waals surface area contributed by atoms with Crippen molar-refractivity contribution in [2.24, 2.45) is 5.92 Å². The monoisotopic (exact) mass is 239 g/mol. The Hall–Kier alpha value is -0.830. The first-order valence-corrected chi connectivity index (χ1v) is 6.35. The molecule has 2 rings (SSSR count). The Morgan fingerprint density at radius 2 is 2.31 bits per heavy atom. The summed E-state index contributed by atoms with van der Waals surface area (Å²) >= 11 is 6.02. The van der Waals surface area contributed by atoms with Crippen molar-refractivity contribution in [2.75, 3.05) is 18.0 Å². The lowest BCUT2D eigenvalue weighted by Crippen LogP contribution is -2.21. The number of anilines is 1. The highest BCUT2D eigenvalue weighted by Gasteiger charge is 2.20. The number of nitrogens with zero attached hydrogens (tertiary/aromatic N) is 3. The number of halogens is 1. The maximum absolute atomic E-state index is 6.02. The molecule has 0 saturated carbocycles. The molecule has 0 radical (unpaired) electrons. The molecule has 1 aromatic rings. The van der Waals surface area contributed by atoms with E-state index in [9.17, 15) is 0 Å². The first-order valence-electron chi connectivity index (χ1n) is 5.97. The van der Waals surface area contributed by atoms with Crippen LogP contribution in [-0.2, 0) is 6.42 Å². The highest BCUT2D eigenvalue weighted by atomic mass is 35.5. The molecule has 1 fully saturated rings. The van der Waals surface area contributed by atoms with E-state index in [1.807, 2.05) is 6.07 Å². The van der Waals surface area contributed by atoms with E-state index in [0.29, 0.717) is 5.15 Å². The molecular weight excluding hydrogens is 222 g/mol. The Balaban J connectivity index is 2.20. The van der Waals surface area contributed by atoms with Crippen LogP contribution in [0.3, 0.4) is 0 Å². The molecule has 0 aliphatic carbocycles. The minimum Gasteiger partial charge on any atom is -0.356 e. The maximum Gasteiger partial charge on any atom is 0.134 e. The summed E-state index contributed by atoms with van der Waals surface area (Å²) in [6.45, 7) is 6.57. The first kappa shape index (κ1) is 11.6. The van der Waals surface area contributed by atoms with Crippen LogP contribution < -0.4 is 4.90 Å². The van der Waals surface area contributed by atoms with Crippen molar-refractivity contribution in [3.05, 3.63) is 17.0 Å². The van der Waals surface area contributed by atoms with Crippen molar-refractivity contribution in [3.63, 3.8) is 0 Å². The lowest BCUT2D eigenvalue weighted by molar-refractivity contribution is 0.658. The van der Waals surface area contributed by atoms with Gasteiger partial charge in [-0.15, -0.1) is 0 Å². The van der Waals surface area contributed by atoms with E-state index >= 15 is 0 Å². The van der Waals surface area contributed by atoms with Crippen LogP contribution in [0.5, 0.6) is 0 Å². The Bertz CT molecular complexity index is 367. The molecular formula is C12H18ClN3. The van der Waals surface area contributed by atoms with E-state index in [1.54, 1.807) is 0 Å². The fourth-order valence-electron chi connectivity index (χ4n) is 2.09.